The Morgan fingerprint density at radius 2 is 2.00 bits per heavy atom. The van der Waals surface area contributed by atoms with E-state index < -0.39 is 0 Å². The lowest BCUT2D eigenvalue weighted by molar-refractivity contribution is -0.130. The van der Waals surface area contributed by atoms with E-state index in [4.69, 9.17) is 0 Å². The summed E-state index contributed by atoms with van der Waals surface area (Å²) in [5, 5.41) is 8.07. The summed E-state index contributed by atoms with van der Waals surface area (Å²) in [6.07, 6.45) is 6.09. The molecule has 4 heterocycles. The Kier molecular flexibility index (Phi) is 5.71. The molecular weight excluding hydrogens is 354 g/mol. The average molecular weight is 388 g/mol. The molecule has 154 valence electrons. The zero-order valence-corrected chi connectivity index (χ0v) is 17.2. The number of likely N-dealkylation sites (tertiary alicyclic amines) is 2. The molecule has 2 bridgehead atoms. The van der Waals surface area contributed by atoms with Gasteiger partial charge in [0.2, 0.25) is 5.91 Å². The fourth-order valence-corrected chi connectivity index (χ4v) is 5.10. The second-order valence-corrected chi connectivity index (χ2v) is 8.86. The lowest BCUT2D eigenvalue weighted by Crippen LogP contribution is -2.57. The van der Waals surface area contributed by atoms with E-state index in [1.807, 2.05) is 29.8 Å². The third kappa shape index (κ3) is 4.09. The maximum atomic E-state index is 12.9. The van der Waals surface area contributed by atoms with E-state index in [-0.39, 0.29) is 5.91 Å². The summed E-state index contributed by atoms with van der Waals surface area (Å²) in [4.78, 5) is 29.2. The number of nitrogens with zero attached hydrogens (tertiary/aromatic N) is 4. The minimum Gasteiger partial charge on any atom is -0.343 e. The largest absolute Gasteiger partial charge is 0.343 e. The first-order valence-electron chi connectivity index (χ1n) is 10.8. The molecule has 3 saturated heterocycles. The number of carbonyl (C=O) groups is 2. The van der Waals surface area contributed by atoms with Crippen LogP contribution in [0.2, 0.25) is 0 Å². The van der Waals surface area contributed by atoms with Crippen LogP contribution in [-0.4, -0.2) is 70.2 Å². The second-order valence-electron chi connectivity index (χ2n) is 8.86. The van der Waals surface area contributed by atoms with Crippen molar-refractivity contribution in [1.29, 1.82) is 0 Å². The summed E-state index contributed by atoms with van der Waals surface area (Å²) in [7, 11) is 1.88. The number of nitrogens with one attached hydrogen (secondary N) is 1. The number of aromatic nitrogens is 2. The molecule has 3 aliphatic heterocycles. The number of piperidine rings is 2. The van der Waals surface area contributed by atoms with Crippen molar-refractivity contribution in [3.05, 3.63) is 17.5 Å². The molecule has 7 heteroatoms. The summed E-state index contributed by atoms with van der Waals surface area (Å²) in [6, 6.07) is 2.29. The van der Waals surface area contributed by atoms with Gasteiger partial charge >= 0.3 is 0 Å². The number of amides is 2. The van der Waals surface area contributed by atoms with Gasteiger partial charge in [-0.25, -0.2) is 0 Å². The standard InChI is InChI=1S/C21H33N5O2/c1-15-10-19(23-24(15)2)21(28)26-13-16-11-17(14-26)18(22-12-16)6-5-7-20(27)25-8-3-4-9-25/h10,16-18,22H,3-9,11-14H2,1-2H3/t16-,17+,18+/m0/s1. The first-order chi connectivity index (χ1) is 13.5. The van der Waals surface area contributed by atoms with Gasteiger partial charge in [-0.2, -0.15) is 5.10 Å². The van der Waals surface area contributed by atoms with Crippen LogP contribution in [0, 0.1) is 18.8 Å². The highest BCUT2D eigenvalue weighted by Crippen LogP contribution is 2.31. The van der Waals surface area contributed by atoms with Crippen LogP contribution < -0.4 is 5.32 Å². The van der Waals surface area contributed by atoms with E-state index in [1.54, 1.807) is 4.68 Å². The quantitative estimate of drug-likeness (QED) is 0.833. The van der Waals surface area contributed by atoms with E-state index in [0.29, 0.717) is 35.9 Å². The Morgan fingerprint density at radius 1 is 1.21 bits per heavy atom. The molecule has 1 aromatic heterocycles. The molecule has 3 aliphatic rings. The summed E-state index contributed by atoms with van der Waals surface area (Å²) < 4.78 is 1.76. The molecule has 7 nitrogen and oxygen atoms in total. The van der Waals surface area contributed by atoms with Crippen LogP contribution in [-0.2, 0) is 11.8 Å². The van der Waals surface area contributed by atoms with E-state index >= 15 is 0 Å². The van der Waals surface area contributed by atoms with Crippen molar-refractivity contribution >= 4 is 11.8 Å². The van der Waals surface area contributed by atoms with Crippen LogP contribution in [0.1, 0.15) is 54.7 Å². The third-order valence-corrected chi connectivity index (χ3v) is 6.79. The van der Waals surface area contributed by atoms with Crippen molar-refractivity contribution in [2.24, 2.45) is 18.9 Å². The third-order valence-electron chi connectivity index (χ3n) is 6.79. The van der Waals surface area contributed by atoms with Crippen LogP contribution in [0.25, 0.3) is 0 Å². The van der Waals surface area contributed by atoms with Gasteiger partial charge in [-0.15, -0.1) is 0 Å². The average Bonchev–Trinajstić information content (AvgIpc) is 3.33. The minimum atomic E-state index is 0.0586. The lowest BCUT2D eigenvalue weighted by Gasteiger charge is -2.46. The molecule has 1 N–H and O–H groups in total. The molecule has 0 aliphatic carbocycles. The zero-order chi connectivity index (χ0) is 19.7. The van der Waals surface area contributed by atoms with Gasteiger partial charge in [0.1, 0.15) is 0 Å². The van der Waals surface area contributed by atoms with Crippen LogP contribution in [0.4, 0.5) is 0 Å². The van der Waals surface area contributed by atoms with Crippen molar-refractivity contribution in [3.8, 4) is 0 Å². The molecule has 3 atom stereocenters. The molecular formula is C21H33N5O2. The number of fused-ring (bicyclic) bond motifs is 2. The molecule has 1 aromatic rings. The highest BCUT2D eigenvalue weighted by molar-refractivity contribution is 5.92. The normalized spacial score (nSPS) is 27.3. The van der Waals surface area contributed by atoms with Crippen LogP contribution in [0.5, 0.6) is 0 Å². The molecule has 3 fully saturated rings. The maximum Gasteiger partial charge on any atom is 0.274 e. The zero-order valence-electron chi connectivity index (χ0n) is 17.2. The number of hydrogen-bond donors (Lipinski definition) is 1. The first kappa shape index (κ1) is 19.4. The summed E-state index contributed by atoms with van der Waals surface area (Å²) in [5.41, 5.74) is 1.56. The monoisotopic (exact) mass is 387 g/mol. The van der Waals surface area contributed by atoms with Crippen molar-refractivity contribution in [3.63, 3.8) is 0 Å². The fraction of sp³-hybridized carbons (Fsp3) is 0.762. The Hall–Kier alpha value is -1.89. The maximum absolute atomic E-state index is 12.9. The highest BCUT2D eigenvalue weighted by atomic mass is 16.2. The van der Waals surface area contributed by atoms with Crippen LogP contribution in [0.3, 0.4) is 0 Å². The lowest BCUT2D eigenvalue weighted by atomic mass is 9.79. The van der Waals surface area contributed by atoms with Gasteiger partial charge in [-0.1, -0.05) is 0 Å². The van der Waals surface area contributed by atoms with Gasteiger partial charge in [0, 0.05) is 51.4 Å². The highest BCUT2D eigenvalue weighted by Gasteiger charge is 2.38. The molecule has 4 rings (SSSR count). The second kappa shape index (κ2) is 8.23. The first-order valence-corrected chi connectivity index (χ1v) is 10.8. The van der Waals surface area contributed by atoms with E-state index in [9.17, 15) is 9.59 Å². The van der Waals surface area contributed by atoms with Crippen molar-refractivity contribution in [2.75, 3.05) is 32.7 Å². The molecule has 0 saturated carbocycles. The summed E-state index contributed by atoms with van der Waals surface area (Å²) >= 11 is 0. The molecule has 28 heavy (non-hydrogen) atoms. The van der Waals surface area contributed by atoms with Crippen molar-refractivity contribution < 1.29 is 9.59 Å². The van der Waals surface area contributed by atoms with E-state index in [0.717, 1.165) is 64.1 Å². The number of hydrogen-bond acceptors (Lipinski definition) is 4. The smallest absolute Gasteiger partial charge is 0.274 e. The SMILES string of the molecule is Cc1cc(C(=O)N2C[C@@H]3CN[C@H](CCCC(=O)N4CCCC4)[C@H](C3)C2)nn1C. The number of rotatable bonds is 5. The predicted octanol–water partition coefficient (Wildman–Crippen LogP) is 1.57. The van der Waals surface area contributed by atoms with Gasteiger partial charge in [0.05, 0.1) is 0 Å². The van der Waals surface area contributed by atoms with Crippen molar-refractivity contribution in [1.82, 2.24) is 24.9 Å². The number of carbonyl (C=O) groups excluding carboxylic acids is 2. The Morgan fingerprint density at radius 3 is 2.71 bits per heavy atom. The molecule has 0 spiro atoms. The van der Waals surface area contributed by atoms with Crippen LogP contribution >= 0.6 is 0 Å². The predicted molar refractivity (Wildman–Crippen MR) is 107 cm³/mol. The molecule has 0 aromatic carbocycles. The van der Waals surface area contributed by atoms with Gasteiger partial charge < -0.3 is 15.1 Å². The topological polar surface area (TPSA) is 70.5 Å². The van der Waals surface area contributed by atoms with Crippen molar-refractivity contribution in [2.45, 2.75) is 51.5 Å². The Labute approximate surface area is 167 Å². The van der Waals surface area contributed by atoms with Crippen LogP contribution in [0.15, 0.2) is 6.07 Å². The van der Waals surface area contributed by atoms with Gasteiger partial charge in [-0.05, 0) is 63.5 Å². The minimum absolute atomic E-state index is 0.0586. The van der Waals surface area contributed by atoms with E-state index in [1.165, 1.54) is 6.42 Å². The van der Waals surface area contributed by atoms with Gasteiger partial charge in [0.25, 0.3) is 5.91 Å². The summed E-state index contributed by atoms with van der Waals surface area (Å²) in [6.45, 7) is 6.43. The van der Waals surface area contributed by atoms with Gasteiger partial charge in [0.15, 0.2) is 5.69 Å². The Bertz CT molecular complexity index is 705. The molecule has 0 unspecified atom stereocenters. The number of aryl methyl sites for hydroxylation is 2. The molecule has 0 radical (unpaired) electrons. The summed E-state index contributed by atoms with van der Waals surface area (Å²) in [5.74, 6) is 1.37. The fourth-order valence-electron chi connectivity index (χ4n) is 5.10. The van der Waals surface area contributed by atoms with Gasteiger partial charge in [-0.3, -0.25) is 14.3 Å². The van der Waals surface area contributed by atoms with E-state index in [2.05, 4.69) is 10.4 Å². The molecule has 2 amide bonds. The Balaban J connectivity index is 1.31.